The fourth-order valence-electron chi connectivity index (χ4n) is 3.77. The molecule has 0 saturated heterocycles. The van der Waals surface area contributed by atoms with Gasteiger partial charge >= 0.3 is 0 Å². The second-order valence-electron chi connectivity index (χ2n) is 7.81. The highest BCUT2D eigenvalue weighted by Gasteiger charge is 2.20. The van der Waals surface area contributed by atoms with Gasteiger partial charge in [0.2, 0.25) is 11.2 Å². The van der Waals surface area contributed by atoms with Crippen LogP contribution in [-0.4, -0.2) is 26.7 Å². The third-order valence-corrected chi connectivity index (χ3v) is 5.36. The standard InChI is InChI=1S/C27H25NO6/c1-16-13-17(2)25-20(14-16)24(30)27(26(34-25)18-9-11-19(31-3)12-10-18)33-15-23(29)28-21-7-5-6-8-22(21)32-4/h5-14H,15H2,1-4H3,(H,28,29). The second-order valence-corrected chi connectivity index (χ2v) is 7.81. The molecule has 34 heavy (non-hydrogen) atoms. The minimum Gasteiger partial charge on any atom is -0.497 e. The van der Waals surface area contributed by atoms with Crippen molar-refractivity contribution in [1.82, 2.24) is 0 Å². The highest BCUT2D eigenvalue weighted by molar-refractivity contribution is 5.93. The van der Waals surface area contributed by atoms with Gasteiger partial charge in [0.1, 0.15) is 17.1 Å². The maximum absolute atomic E-state index is 13.5. The minimum absolute atomic E-state index is 0.0298. The largest absolute Gasteiger partial charge is 0.497 e. The molecular formula is C27H25NO6. The van der Waals surface area contributed by atoms with Crippen molar-refractivity contribution in [2.24, 2.45) is 0 Å². The smallest absolute Gasteiger partial charge is 0.262 e. The van der Waals surface area contributed by atoms with Crippen LogP contribution in [0.15, 0.2) is 69.9 Å². The predicted molar refractivity (Wildman–Crippen MR) is 131 cm³/mol. The van der Waals surface area contributed by atoms with E-state index < -0.39 is 5.91 Å². The normalized spacial score (nSPS) is 10.7. The van der Waals surface area contributed by atoms with Gasteiger partial charge in [-0.25, -0.2) is 0 Å². The van der Waals surface area contributed by atoms with E-state index in [0.29, 0.717) is 33.7 Å². The monoisotopic (exact) mass is 459 g/mol. The molecular weight excluding hydrogens is 434 g/mol. The number of hydrogen-bond acceptors (Lipinski definition) is 6. The Balaban J connectivity index is 1.73. The molecule has 4 rings (SSSR count). The molecule has 0 fully saturated rings. The Morgan fingerprint density at radius 1 is 0.971 bits per heavy atom. The minimum atomic E-state index is -0.440. The van der Waals surface area contributed by atoms with Gasteiger partial charge in [-0.2, -0.15) is 0 Å². The molecule has 0 bridgehead atoms. The van der Waals surface area contributed by atoms with Crippen molar-refractivity contribution in [2.45, 2.75) is 13.8 Å². The van der Waals surface area contributed by atoms with E-state index in [9.17, 15) is 9.59 Å². The fourth-order valence-corrected chi connectivity index (χ4v) is 3.77. The molecule has 0 spiro atoms. The van der Waals surface area contributed by atoms with E-state index in [4.69, 9.17) is 18.6 Å². The number of ether oxygens (including phenoxy) is 3. The number of carbonyl (C=O) groups excluding carboxylic acids is 1. The first-order chi connectivity index (χ1) is 16.4. The third kappa shape index (κ3) is 4.59. The van der Waals surface area contributed by atoms with Gasteiger partial charge in [-0.05, 0) is 67.4 Å². The van der Waals surface area contributed by atoms with E-state index in [1.165, 1.54) is 7.11 Å². The molecule has 0 radical (unpaired) electrons. The van der Waals surface area contributed by atoms with E-state index in [1.807, 2.05) is 19.9 Å². The van der Waals surface area contributed by atoms with Crippen LogP contribution < -0.4 is 25.0 Å². The van der Waals surface area contributed by atoms with Crippen LogP contribution in [0.5, 0.6) is 17.2 Å². The van der Waals surface area contributed by atoms with E-state index in [2.05, 4.69) is 5.32 Å². The molecule has 1 N–H and O–H groups in total. The van der Waals surface area contributed by atoms with Crippen LogP contribution in [-0.2, 0) is 4.79 Å². The average molecular weight is 459 g/mol. The Hall–Kier alpha value is -4.26. The number of rotatable bonds is 7. The number of amides is 1. The number of fused-ring (bicyclic) bond motifs is 1. The van der Waals surface area contributed by atoms with Crippen LogP contribution in [0.4, 0.5) is 5.69 Å². The maximum atomic E-state index is 13.5. The SMILES string of the molecule is COc1ccc(-c2oc3c(C)cc(C)cc3c(=O)c2OCC(=O)Nc2ccccc2OC)cc1. The molecule has 0 aliphatic rings. The van der Waals surface area contributed by atoms with Crippen LogP contribution in [0.3, 0.4) is 0 Å². The van der Waals surface area contributed by atoms with Crippen molar-refractivity contribution in [3.8, 4) is 28.6 Å². The van der Waals surface area contributed by atoms with Crippen LogP contribution in [0, 0.1) is 13.8 Å². The number of hydrogen-bond donors (Lipinski definition) is 1. The Morgan fingerprint density at radius 2 is 1.71 bits per heavy atom. The zero-order valence-corrected chi connectivity index (χ0v) is 19.4. The van der Waals surface area contributed by atoms with Crippen molar-refractivity contribution < 1.29 is 23.4 Å². The summed E-state index contributed by atoms with van der Waals surface area (Å²) in [5, 5.41) is 3.14. The first kappa shape index (κ1) is 22.9. The third-order valence-electron chi connectivity index (χ3n) is 5.36. The summed E-state index contributed by atoms with van der Waals surface area (Å²) in [5.41, 5.74) is 3.03. The lowest BCUT2D eigenvalue weighted by Gasteiger charge is -2.14. The van der Waals surface area contributed by atoms with Gasteiger partial charge in [0.25, 0.3) is 5.91 Å². The zero-order valence-electron chi connectivity index (χ0n) is 19.4. The second kappa shape index (κ2) is 9.70. The number of aryl methyl sites for hydroxylation is 2. The highest BCUT2D eigenvalue weighted by Crippen LogP contribution is 2.33. The van der Waals surface area contributed by atoms with Crippen molar-refractivity contribution >= 4 is 22.6 Å². The lowest BCUT2D eigenvalue weighted by atomic mass is 10.1. The van der Waals surface area contributed by atoms with Crippen molar-refractivity contribution in [3.05, 3.63) is 82.0 Å². The highest BCUT2D eigenvalue weighted by atomic mass is 16.5. The summed E-state index contributed by atoms with van der Waals surface area (Å²) >= 11 is 0. The molecule has 7 nitrogen and oxygen atoms in total. The van der Waals surface area contributed by atoms with Crippen molar-refractivity contribution in [2.75, 3.05) is 26.1 Å². The van der Waals surface area contributed by atoms with Gasteiger partial charge in [0.15, 0.2) is 12.4 Å². The topological polar surface area (TPSA) is 87.0 Å². The molecule has 1 heterocycles. The summed E-state index contributed by atoms with van der Waals surface area (Å²) in [7, 11) is 3.10. The molecule has 174 valence electrons. The molecule has 0 saturated carbocycles. The Morgan fingerprint density at radius 3 is 2.41 bits per heavy atom. The molecule has 0 aliphatic heterocycles. The fraction of sp³-hybridized carbons (Fsp3) is 0.185. The van der Waals surface area contributed by atoms with Crippen molar-refractivity contribution in [3.63, 3.8) is 0 Å². The molecule has 0 atom stereocenters. The van der Waals surface area contributed by atoms with Gasteiger partial charge in [-0.1, -0.05) is 18.2 Å². The number of nitrogens with one attached hydrogen (secondary N) is 1. The van der Waals surface area contributed by atoms with E-state index in [1.54, 1.807) is 61.7 Å². The summed E-state index contributed by atoms with van der Waals surface area (Å²) in [4.78, 5) is 26.1. The predicted octanol–water partition coefficient (Wildman–Crippen LogP) is 5.11. The molecule has 4 aromatic rings. The quantitative estimate of drug-likeness (QED) is 0.413. The Kier molecular flexibility index (Phi) is 6.54. The van der Waals surface area contributed by atoms with Crippen molar-refractivity contribution in [1.29, 1.82) is 0 Å². The first-order valence-electron chi connectivity index (χ1n) is 10.7. The number of carbonyl (C=O) groups is 1. The average Bonchev–Trinajstić information content (AvgIpc) is 2.84. The summed E-state index contributed by atoms with van der Waals surface area (Å²) < 4.78 is 22.5. The van der Waals surface area contributed by atoms with Gasteiger partial charge in [0, 0.05) is 5.56 Å². The molecule has 0 unspecified atom stereocenters. The molecule has 1 amide bonds. The van der Waals surface area contributed by atoms with E-state index in [0.717, 1.165) is 11.1 Å². The first-order valence-corrected chi connectivity index (χ1v) is 10.7. The van der Waals surface area contributed by atoms with Gasteiger partial charge < -0.3 is 23.9 Å². The zero-order chi connectivity index (χ0) is 24.2. The number of benzene rings is 3. The summed E-state index contributed by atoms with van der Waals surface area (Å²) in [5.74, 6) is 0.962. The lowest BCUT2D eigenvalue weighted by molar-refractivity contribution is -0.118. The van der Waals surface area contributed by atoms with Gasteiger partial charge in [-0.15, -0.1) is 0 Å². The molecule has 7 heteroatoms. The van der Waals surface area contributed by atoms with E-state index in [-0.39, 0.29) is 23.5 Å². The maximum Gasteiger partial charge on any atom is 0.262 e. The van der Waals surface area contributed by atoms with Crippen LogP contribution in [0.2, 0.25) is 0 Å². The lowest BCUT2D eigenvalue weighted by Crippen LogP contribution is -2.23. The summed E-state index contributed by atoms with van der Waals surface area (Å²) in [6.45, 7) is 3.41. The molecule has 0 aliphatic carbocycles. The summed E-state index contributed by atoms with van der Waals surface area (Å²) in [6, 6.07) is 17.8. The number of methoxy groups -OCH3 is 2. The van der Waals surface area contributed by atoms with Crippen LogP contribution >= 0.6 is 0 Å². The van der Waals surface area contributed by atoms with Gasteiger partial charge in [0.05, 0.1) is 25.3 Å². The van der Waals surface area contributed by atoms with Crippen LogP contribution in [0.25, 0.3) is 22.3 Å². The number of anilines is 1. The van der Waals surface area contributed by atoms with E-state index >= 15 is 0 Å². The Bertz CT molecular complexity index is 1410. The van der Waals surface area contributed by atoms with Gasteiger partial charge in [-0.3, -0.25) is 9.59 Å². The summed E-state index contributed by atoms with van der Waals surface area (Å²) in [6.07, 6.45) is 0. The number of para-hydroxylation sites is 2. The molecule has 1 aromatic heterocycles. The Labute approximate surface area is 196 Å². The molecule has 3 aromatic carbocycles. The van der Waals surface area contributed by atoms with Crippen LogP contribution in [0.1, 0.15) is 11.1 Å².